The van der Waals surface area contributed by atoms with Crippen molar-refractivity contribution in [1.29, 1.82) is 0 Å². The summed E-state index contributed by atoms with van der Waals surface area (Å²) in [6.45, 7) is 17.2. The molecule has 0 aromatic heterocycles. The van der Waals surface area contributed by atoms with Crippen molar-refractivity contribution in [3.8, 4) is 0 Å². The Labute approximate surface area is 112 Å². The van der Waals surface area contributed by atoms with Crippen LogP contribution in [0.1, 0.15) is 48.5 Å². The van der Waals surface area contributed by atoms with E-state index in [4.69, 9.17) is 4.43 Å². The highest BCUT2D eigenvalue weighted by Gasteiger charge is 2.45. The quantitative estimate of drug-likeness (QED) is 0.463. The van der Waals surface area contributed by atoms with Crippen LogP contribution in [0.2, 0.25) is 16.6 Å². The van der Waals surface area contributed by atoms with Crippen molar-refractivity contribution in [2.75, 3.05) is 11.9 Å². The second-order valence-electron chi connectivity index (χ2n) is 5.89. The molecule has 0 bridgehead atoms. The summed E-state index contributed by atoms with van der Waals surface area (Å²) in [6, 6.07) is 0. The van der Waals surface area contributed by atoms with Crippen LogP contribution in [-0.2, 0) is 4.43 Å². The molecule has 0 rings (SSSR count). The first-order valence-electron chi connectivity index (χ1n) is 6.48. The van der Waals surface area contributed by atoms with Crippen molar-refractivity contribution < 1.29 is 4.43 Å². The summed E-state index contributed by atoms with van der Waals surface area (Å²) < 4.78 is 6.48. The van der Waals surface area contributed by atoms with Crippen LogP contribution in [0.15, 0.2) is 0 Å². The lowest BCUT2D eigenvalue weighted by molar-refractivity contribution is 0.241. The van der Waals surface area contributed by atoms with E-state index in [2.05, 4.69) is 64.4 Å². The Morgan fingerprint density at radius 1 is 0.875 bits per heavy atom. The molecule has 1 nitrogen and oxygen atoms in total. The highest BCUT2D eigenvalue weighted by Crippen LogP contribution is 2.42. The Balaban J connectivity index is 4.77. The predicted molar refractivity (Wildman–Crippen MR) is 80.0 cm³/mol. The molecule has 0 heterocycles. The molecule has 0 fully saturated rings. The van der Waals surface area contributed by atoms with Gasteiger partial charge in [-0.25, -0.2) is 0 Å². The zero-order valence-corrected chi connectivity index (χ0v) is 14.6. The second kappa shape index (κ2) is 7.17. The van der Waals surface area contributed by atoms with Gasteiger partial charge in [0.05, 0.1) is 0 Å². The van der Waals surface area contributed by atoms with Gasteiger partial charge in [-0.3, -0.25) is 0 Å². The predicted octanol–water partition coefficient (Wildman–Crippen LogP) is 5.21. The van der Waals surface area contributed by atoms with E-state index in [0.29, 0.717) is 22.5 Å². The largest absolute Gasteiger partial charge is 0.416 e. The van der Waals surface area contributed by atoms with Gasteiger partial charge in [-0.1, -0.05) is 64.4 Å². The van der Waals surface area contributed by atoms with Crippen LogP contribution in [0, 0.1) is 5.92 Å². The van der Waals surface area contributed by atoms with Gasteiger partial charge in [0.2, 0.25) is 0 Å². The van der Waals surface area contributed by atoms with Crippen molar-refractivity contribution in [1.82, 2.24) is 0 Å². The molecule has 0 aromatic carbocycles. The number of rotatable bonds is 7. The van der Waals surface area contributed by atoms with E-state index < -0.39 is 8.32 Å². The third kappa shape index (κ3) is 3.85. The molecule has 98 valence electrons. The Morgan fingerprint density at radius 2 is 1.25 bits per heavy atom. The molecule has 0 spiro atoms. The molecule has 0 saturated carbocycles. The Kier molecular flexibility index (Phi) is 7.47. The minimum absolute atomic E-state index is 0.614. The van der Waals surface area contributed by atoms with Gasteiger partial charge < -0.3 is 4.43 Å². The minimum Gasteiger partial charge on any atom is -0.416 e. The van der Waals surface area contributed by atoms with E-state index >= 15 is 0 Å². The fraction of sp³-hybridized carbons (Fsp3) is 1.00. The maximum Gasteiger partial charge on any atom is 0.200 e. The zero-order chi connectivity index (χ0) is 12.9. The summed E-state index contributed by atoms with van der Waals surface area (Å²) in [4.78, 5) is 0. The first kappa shape index (κ1) is 16.7. The molecule has 0 aliphatic carbocycles. The first-order valence-corrected chi connectivity index (χ1v) is 9.75. The average molecular weight is 309 g/mol. The summed E-state index contributed by atoms with van der Waals surface area (Å²) >= 11 is 3.53. The van der Waals surface area contributed by atoms with Gasteiger partial charge in [0.1, 0.15) is 0 Å². The fourth-order valence-electron chi connectivity index (χ4n) is 2.83. The average Bonchev–Trinajstić information content (AvgIpc) is 2.16. The lowest BCUT2D eigenvalue weighted by Crippen LogP contribution is -2.48. The monoisotopic (exact) mass is 308 g/mol. The molecule has 0 N–H and O–H groups in total. The summed E-state index contributed by atoms with van der Waals surface area (Å²) in [5.74, 6) is 0.614. The molecular weight excluding hydrogens is 280 g/mol. The first-order chi connectivity index (χ1) is 7.28. The van der Waals surface area contributed by atoms with Gasteiger partial charge in [0, 0.05) is 11.9 Å². The SMILES string of the molecule is CC(C)[Si](OC[C@@H](C)CBr)(C(C)C)C(C)C. The molecule has 0 radical (unpaired) electrons. The maximum atomic E-state index is 6.48. The number of halogens is 1. The minimum atomic E-state index is -1.63. The van der Waals surface area contributed by atoms with Crippen LogP contribution in [0.3, 0.4) is 0 Å². The van der Waals surface area contributed by atoms with E-state index in [1.54, 1.807) is 0 Å². The van der Waals surface area contributed by atoms with Crippen LogP contribution < -0.4 is 0 Å². The highest BCUT2D eigenvalue weighted by atomic mass is 79.9. The van der Waals surface area contributed by atoms with Gasteiger partial charge in [-0.05, 0) is 22.5 Å². The van der Waals surface area contributed by atoms with Gasteiger partial charge in [-0.2, -0.15) is 0 Å². The van der Waals surface area contributed by atoms with E-state index in [-0.39, 0.29) is 0 Å². The summed E-state index contributed by atoms with van der Waals surface area (Å²) in [7, 11) is -1.63. The van der Waals surface area contributed by atoms with Crippen LogP contribution in [0.5, 0.6) is 0 Å². The van der Waals surface area contributed by atoms with E-state index in [0.717, 1.165) is 11.9 Å². The third-order valence-electron chi connectivity index (χ3n) is 3.59. The Bertz CT molecular complexity index is 171. The standard InChI is InChI=1S/C13H29BrOSi/c1-10(2)16(11(3)4,12(5)6)15-9-13(7)8-14/h10-13H,8-9H2,1-7H3/t13-/m0/s1. The van der Waals surface area contributed by atoms with Gasteiger partial charge in [-0.15, -0.1) is 0 Å². The fourth-order valence-corrected chi connectivity index (χ4v) is 8.59. The van der Waals surface area contributed by atoms with Crippen molar-refractivity contribution >= 4 is 24.2 Å². The molecule has 0 aromatic rings. The summed E-state index contributed by atoms with van der Waals surface area (Å²) in [6.07, 6.45) is 0. The molecule has 0 aliphatic rings. The van der Waals surface area contributed by atoms with Gasteiger partial charge >= 0.3 is 0 Å². The molecular formula is C13H29BrOSi. The Hall–Kier alpha value is 0.657. The third-order valence-corrected chi connectivity index (χ3v) is 10.8. The van der Waals surface area contributed by atoms with E-state index in [1.165, 1.54) is 0 Å². The van der Waals surface area contributed by atoms with Crippen molar-refractivity contribution in [3.05, 3.63) is 0 Å². The molecule has 16 heavy (non-hydrogen) atoms. The lowest BCUT2D eigenvalue weighted by atomic mass is 10.2. The summed E-state index contributed by atoms with van der Waals surface area (Å²) in [5.41, 5.74) is 2.07. The van der Waals surface area contributed by atoms with Crippen LogP contribution in [0.4, 0.5) is 0 Å². The number of hydrogen-bond donors (Lipinski definition) is 0. The smallest absolute Gasteiger partial charge is 0.200 e. The van der Waals surface area contributed by atoms with Crippen molar-refractivity contribution in [3.63, 3.8) is 0 Å². The molecule has 0 saturated heterocycles. The van der Waals surface area contributed by atoms with Crippen LogP contribution in [-0.4, -0.2) is 20.3 Å². The van der Waals surface area contributed by atoms with E-state index in [9.17, 15) is 0 Å². The van der Waals surface area contributed by atoms with Crippen molar-refractivity contribution in [2.45, 2.75) is 65.1 Å². The van der Waals surface area contributed by atoms with Gasteiger partial charge in [0.15, 0.2) is 8.32 Å². The topological polar surface area (TPSA) is 9.23 Å². The van der Waals surface area contributed by atoms with Gasteiger partial charge in [0.25, 0.3) is 0 Å². The summed E-state index contributed by atoms with van der Waals surface area (Å²) in [5, 5.41) is 1.03. The molecule has 3 heteroatoms. The van der Waals surface area contributed by atoms with Crippen molar-refractivity contribution in [2.24, 2.45) is 5.92 Å². The molecule has 0 aliphatic heterocycles. The second-order valence-corrected chi connectivity index (χ2v) is 12.0. The maximum absolute atomic E-state index is 6.48. The zero-order valence-electron chi connectivity index (χ0n) is 12.0. The number of hydrogen-bond acceptors (Lipinski definition) is 1. The highest BCUT2D eigenvalue weighted by molar-refractivity contribution is 9.09. The van der Waals surface area contributed by atoms with E-state index in [1.807, 2.05) is 0 Å². The molecule has 1 atom stereocenters. The molecule has 0 amide bonds. The van der Waals surface area contributed by atoms with Crippen LogP contribution >= 0.6 is 15.9 Å². The molecule has 0 unspecified atom stereocenters. The van der Waals surface area contributed by atoms with Crippen LogP contribution in [0.25, 0.3) is 0 Å². The number of alkyl halides is 1. The lowest BCUT2D eigenvalue weighted by Gasteiger charge is -2.42. The normalized spacial score (nSPS) is 15.2. The Morgan fingerprint density at radius 3 is 1.50 bits per heavy atom.